The fourth-order valence-electron chi connectivity index (χ4n) is 3.75. The lowest BCUT2D eigenvalue weighted by molar-refractivity contribution is -0.117. The summed E-state index contributed by atoms with van der Waals surface area (Å²) in [5.41, 5.74) is 1.87. The SMILES string of the molecule is N#CC(=CN=C1SC2CS(=O)(=O)CC2N1Cc1ccccc1)C(=O)NCc1ccccc1. The first-order valence-corrected chi connectivity index (χ1v) is 12.8. The van der Waals surface area contributed by atoms with Gasteiger partial charge in [0.15, 0.2) is 15.0 Å². The lowest BCUT2D eigenvalue weighted by Crippen LogP contribution is -2.36. The number of nitrogens with one attached hydrogen (secondary N) is 1. The molecule has 1 N–H and O–H groups in total. The number of nitriles is 1. The quantitative estimate of drug-likeness (QED) is 0.518. The third-order valence-corrected chi connectivity index (χ3v) is 8.60. The molecular weight excluding hydrogens is 444 g/mol. The Balaban J connectivity index is 1.52. The normalized spacial score (nSPS) is 23.0. The van der Waals surface area contributed by atoms with Gasteiger partial charge in [-0.15, -0.1) is 0 Å². The molecule has 2 saturated heterocycles. The van der Waals surface area contributed by atoms with Crippen LogP contribution in [0.4, 0.5) is 0 Å². The highest BCUT2D eigenvalue weighted by atomic mass is 32.2. The Bertz CT molecular complexity index is 1190. The number of benzene rings is 2. The highest BCUT2D eigenvalue weighted by Gasteiger charge is 2.48. The second-order valence-electron chi connectivity index (χ2n) is 7.65. The van der Waals surface area contributed by atoms with Crippen LogP contribution in [0.15, 0.2) is 77.4 Å². The van der Waals surface area contributed by atoms with E-state index in [1.54, 1.807) is 0 Å². The van der Waals surface area contributed by atoms with Crippen LogP contribution in [0.5, 0.6) is 0 Å². The molecule has 0 bridgehead atoms. The van der Waals surface area contributed by atoms with E-state index in [0.29, 0.717) is 18.3 Å². The molecule has 2 aromatic rings. The van der Waals surface area contributed by atoms with Crippen LogP contribution in [0.1, 0.15) is 11.1 Å². The molecule has 32 heavy (non-hydrogen) atoms. The lowest BCUT2D eigenvalue weighted by Gasteiger charge is -2.24. The number of amides is 1. The number of amidine groups is 1. The summed E-state index contributed by atoms with van der Waals surface area (Å²) in [5, 5.41) is 12.7. The van der Waals surface area contributed by atoms with E-state index in [-0.39, 0.29) is 28.4 Å². The Labute approximate surface area is 191 Å². The second-order valence-corrected chi connectivity index (χ2v) is 11.0. The van der Waals surface area contributed by atoms with Gasteiger partial charge < -0.3 is 10.2 Å². The molecule has 2 atom stereocenters. The predicted molar refractivity (Wildman–Crippen MR) is 125 cm³/mol. The van der Waals surface area contributed by atoms with Crippen molar-refractivity contribution in [2.75, 3.05) is 11.5 Å². The van der Waals surface area contributed by atoms with Crippen molar-refractivity contribution in [2.45, 2.75) is 24.4 Å². The lowest BCUT2D eigenvalue weighted by atomic mass is 10.1. The summed E-state index contributed by atoms with van der Waals surface area (Å²) in [5.74, 6) is -0.303. The molecule has 2 fully saturated rings. The zero-order valence-corrected chi connectivity index (χ0v) is 18.8. The number of aliphatic imine (C=N–C) groups is 1. The van der Waals surface area contributed by atoms with E-state index in [2.05, 4.69) is 10.3 Å². The average molecular weight is 467 g/mol. The fraction of sp³-hybridized carbons (Fsp3) is 0.261. The topological polar surface area (TPSA) is 103 Å². The maximum absolute atomic E-state index is 12.4. The Morgan fingerprint density at radius 2 is 1.78 bits per heavy atom. The van der Waals surface area contributed by atoms with Gasteiger partial charge in [-0.05, 0) is 11.1 Å². The van der Waals surface area contributed by atoms with Crippen LogP contribution in [0.2, 0.25) is 0 Å². The third-order valence-electron chi connectivity index (χ3n) is 5.34. The Morgan fingerprint density at radius 3 is 2.44 bits per heavy atom. The molecule has 4 rings (SSSR count). The molecule has 2 unspecified atom stereocenters. The monoisotopic (exact) mass is 466 g/mol. The number of carbonyl (C=O) groups excluding carboxylic acids is 1. The van der Waals surface area contributed by atoms with E-state index < -0.39 is 15.7 Å². The van der Waals surface area contributed by atoms with E-state index >= 15 is 0 Å². The molecule has 0 radical (unpaired) electrons. The van der Waals surface area contributed by atoms with E-state index in [0.717, 1.165) is 11.1 Å². The molecule has 0 aromatic heterocycles. The second kappa shape index (κ2) is 9.59. The molecule has 2 aliphatic rings. The number of nitrogens with zero attached hydrogens (tertiary/aromatic N) is 3. The van der Waals surface area contributed by atoms with Crippen LogP contribution < -0.4 is 5.32 Å². The van der Waals surface area contributed by atoms with E-state index in [1.807, 2.05) is 71.6 Å². The molecule has 0 saturated carbocycles. The van der Waals surface area contributed by atoms with Crippen molar-refractivity contribution >= 4 is 32.7 Å². The number of fused-ring (bicyclic) bond motifs is 1. The number of hydrogen-bond donors (Lipinski definition) is 1. The first-order chi connectivity index (χ1) is 15.4. The number of sulfone groups is 1. The van der Waals surface area contributed by atoms with Crippen LogP contribution in [-0.2, 0) is 27.7 Å². The van der Waals surface area contributed by atoms with Gasteiger partial charge >= 0.3 is 0 Å². The van der Waals surface area contributed by atoms with Crippen LogP contribution in [0.3, 0.4) is 0 Å². The fourth-order valence-corrected chi connectivity index (χ4v) is 7.67. The van der Waals surface area contributed by atoms with Gasteiger partial charge in [0.25, 0.3) is 5.91 Å². The standard InChI is InChI=1S/C23H22N4O3S2/c24-11-19(22(28)25-12-17-7-3-1-4-8-17)13-26-23-27(14-18-9-5-2-6-10-18)20-15-32(29,30)16-21(20)31-23/h1-10,13,20-21H,12,14-16H2,(H,25,28). The zero-order valence-electron chi connectivity index (χ0n) is 17.2. The van der Waals surface area contributed by atoms with Gasteiger partial charge in [-0.1, -0.05) is 72.4 Å². The zero-order chi connectivity index (χ0) is 22.6. The maximum Gasteiger partial charge on any atom is 0.263 e. The Morgan fingerprint density at radius 1 is 1.12 bits per heavy atom. The smallest absolute Gasteiger partial charge is 0.263 e. The predicted octanol–water partition coefficient (Wildman–Crippen LogP) is 2.48. The molecular formula is C23H22N4O3S2. The van der Waals surface area contributed by atoms with Gasteiger partial charge in [-0.2, -0.15) is 5.26 Å². The molecule has 164 valence electrons. The number of hydrogen-bond acceptors (Lipinski definition) is 6. The van der Waals surface area contributed by atoms with Crippen LogP contribution in [0.25, 0.3) is 0 Å². The molecule has 0 spiro atoms. The van der Waals surface area contributed by atoms with Crippen molar-refractivity contribution in [1.82, 2.24) is 10.2 Å². The van der Waals surface area contributed by atoms with Crippen molar-refractivity contribution in [3.63, 3.8) is 0 Å². The average Bonchev–Trinajstić information content (AvgIpc) is 3.26. The summed E-state index contributed by atoms with van der Waals surface area (Å²) in [4.78, 5) is 18.9. The maximum atomic E-state index is 12.4. The molecule has 7 nitrogen and oxygen atoms in total. The highest BCUT2D eigenvalue weighted by Crippen LogP contribution is 2.39. The van der Waals surface area contributed by atoms with Gasteiger partial charge in [0.1, 0.15) is 11.6 Å². The molecule has 2 heterocycles. The van der Waals surface area contributed by atoms with E-state index in [1.165, 1.54) is 18.0 Å². The Hall–Kier alpha value is -3.09. The Kier molecular flexibility index (Phi) is 6.63. The largest absolute Gasteiger partial charge is 0.347 e. The minimum Gasteiger partial charge on any atom is -0.347 e. The highest BCUT2D eigenvalue weighted by molar-refractivity contribution is 8.15. The first kappa shape index (κ1) is 22.1. The minimum atomic E-state index is -3.09. The summed E-state index contributed by atoms with van der Waals surface area (Å²) in [7, 11) is -3.09. The molecule has 9 heteroatoms. The number of rotatable bonds is 6. The number of thioether (sulfide) groups is 1. The van der Waals surface area contributed by atoms with Crippen LogP contribution in [0, 0.1) is 11.3 Å². The number of carbonyl (C=O) groups is 1. The van der Waals surface area contributed by atoms with Crippen molar-refractivity contribution < 1.29 is 13.2 Å². The van der Waals surface area contributed by atoms with Crippen LogP contribution in [-0.4, -0.2) is 47.2 Å². The van der Waals surface area contributed by atoms with Gasteiger partial charge in [0.05, 0.1) is 23.7 Å². The van der Waals surface area contributed by atoms with Gasteiger partial charge in [-0.3, -0.25) is 4.79 Å². The summed E-state index contributed by atoms with van der Waals surface area (Å²) in [6.45, 7) is 0.825. The molecule has 2 aromatic carbocycles. The molecule has 1 amide bonds. The summed E-state index contributed by atoms with van der Waals surface area (Å²) < 4.78 is 24.3. The summed E-state index contributed by atoms with van der Waals surface area (Å²) in [6, 6.07) is 20.9. The third kappa shape index (κ3) is 5.21. The van der Waals surface area contributed by atoms with Crippen molar-refractivity contribution in [3.8, 4) is 6.07 Å². The molecule has 2 aliphatic heterocycles. The van der Waals surface area contributed by atoms with Gasteiger partial charge in [0.2, 0.25) is 0 Å². The van der Waals surface area contributed by atoms with Crippen molar-refractivity contribution in [1.29, 1.82) is 5.26 Å². The van der Waals surface area contributed by atoms with Crippen molar-refractivity contribution in [2.24, 2.45) is 4.99 Å². The van der Waals surface area contributed by atoms with Gasteiger partial charge in [0, 0.05) is 18.3 Å². The summed E-state index contributed by atoms with van der Waals surface area (Å²) >= 11 is 1.40. The van der Waals surface area contributed by atoms with Crippen LogP contribution >= 0.6 is 11.8 Å². The van der Waals surface area contributed by atoms with E-state index in [4.69, 9.17) is 0 Å². The van der Waals surface area contributed by atoms with Crippen molar-refractivity contribution in [3.05, 3.63) is 83.6 Å². The van der Waals surface area contributed by atoms with E-state index in [9.17, 15) is 18.5 Å². The minimum absolute atomic E-state index is 0.0862. The van der Waals surface area contributed by atoms with Gasteiger partial charge in [-0.25, -0.2) is 13.4 Å². The molecule has 0 aliphatic carbocycles. The first-order valence-electron chi connectivity index (χ1n) is 10.1. The summed E-state index contributed by atoms with van der Waals surface area (Å²) in [6.07, 6.45) is 1.27.